The highest BCUT2D eigenvalue weighted by Crippen LogP contribution is 2.42. The van der Waals surface area contributed by atoms with Crippen LogP contribution in [0.2, 0.25) is 0 Å². The van der Waals surface area contributed by atoms with Gasteiger partial charge in [-0.25, -0.2) is 0 Å². The van der Waals surface area contributed by atoms with Gasteiger partial charge in [0.1, 0.15) is 0 Å². The van der Waals surface area contributed by atoms with Gasteiger partial charge in [-0.1, -0.05) is 26.0 Å². The average Bonchev–Trinajstić information content (AvgIpc) is 2.94. The van der Waals surface area contributed by atoms with Crippen LogP contribution in [0.1, 0.15) is 42.1 Å². The topological polar surface area (TPSA) is 49.8 Å². The first-order valence-electron chi connectivity index (χ1n) is 8.13. The third-order valence-corrected chi connectivity index (χ3v) is 5.28. The van der Waals surface area contributed by atoms with E-state index >= 15 is 0 Å². The van der Waals surface area contributed by atoms with Gasteiger partial charge in [0.05, 0.1) is 13.2 Å². The number of fused-ring (bicyclic) bond motifs is 1. The Labute approximate surface area is 132 Å². The van der Waals surface area contributed by atoms with Crippen molar-refractivity contribution in [3.05, 3.63) is 35.4 Å². The molecule has 4 heteroatoms. The maximum absolute atomic E-state index is 12.8. The van der Waals surface area contributed by atoms with E-state index in [1.807, 2.05) is 23.1 Å². The quantitative estimate of drug-likeness (QED) is 0.932. The van der Waals surface area contributed by atoms with E-state index in [2.05, 4.69) is 19.9 Å². The van der Waals surface area contributed by atoms with Gasteiger partial charge in [0.2, 0.25) is 0 Å². The van der Waals surface area contributed by atoms with Gasteiger partial charge in [-0.3, -0.25) is 4.79 Å². The number of likely N-dealkylation sites (tertiary alicyclic amines) is 1. The number of aliphatic hydroxyl groups is 1. The summed E-state index contributed by atoms with van der Waals surface area (Å²) in [4.78, 5) is 14.7. The molecule has 120 valence electrons. The summed E-state index contributed by atoms with van der Waals surface area (Å²) in [6.45, 7) is 7.06. The van der Waals surface area contributed by atoms with E-state index in [1.54, 1.807) is 0 Å². The fourth-order valence-corrected chi connectivity index (χ4v) is 3.67. The van der Waals surface area contributed by atoms with Crippen LogP contribution in [-0.4, -0.2) is 48.8 Å². The van der Waals surface area contributed by atoms with Crippen molar-refractivity contribution in [3.63, 3.8) is 0 Å². The van der Waals surface area contributed by atoms with Gasteiger partial charge >= 0.3 is 0 Å². The summed E-state index contributed by atoms with van der Waals surface area (Å²) >= 11 is 0. The molecule has 4 nitrogen and oxygen atoms in total. The minimum Gasteiger partial charge on any atom is -0.396 e. The summed E-state index contributed by atoms with van der Waals surface area (Å²) in [5.41, 5.74) is 1.77. The van der Waals surface area contributed by atoms with Crippen LogP contribution in [0.3, 0.4) is 0 Å². The number of rotatable bonds is 3. The number of nitrogens with zero attached hydrogens (tertiary/aromatic N) is 1. The van der Waals surface area contributed by atoms with Crippen LogP contribution in [0, 0.1) is 11.3 Å². The standard InChI is InChI=1S/C18H25NO3/c1-13(2)14-4-3-5-15(8-14)17(21)19-9-16-10-22-7-6-18(16,11-19)12-20/h3-5,8,13,16,20H,6-7,9-12H2,1-2H3/t16-,18-/m1/s1. The molecule has 0 spiro atoms. The molecule has 22 heavy (non-hydrogen) atoms. The SMILES string of the molecule is CC(C)c1cccc(C(=O)N2C[C@@H]3COCC[C@]3(CO)C2)c1. The van der Waals surface area contributed by atoms with E-state index in [0.29, 0.717) is 32.2 Å². The van der Waals surface area contributed by atoms with Gasteiger partial charge in [-0.2, -0.15) is 0 Å². The number of carbonyl (C=O) groups excluding carboxylic acids is 1. The van der Waals surface area contributed by atoms with Crippen molar-refractivity contribution in [2.24, 2.45) is 11.3 Å². The lowest BCUT2D eigenvalue weighted by molar-refractivity contribution is -0.0415. The lowest BCUT2D eigenvalue weighted by Crippen LogP contribution is -2.41. The highest BCUT2D eigenvalue weighted by Gasteiger charge is 2.49. The summed E-state index contributed by atoms with van der Waals surface area (Å²) < 4.78 is 5.55. The molecular formula is C18H25NO3. The van der Waals surface area contributed by atoms with E-state index in [9.17, 15) is 9.90 Å². The molecule has 2 fully saturated rings. The fraction of sp³-hybridized carbons (Fsp3) is 0.611. The van der Waals surface area contributed by atoms with Gasteiger partial charge in [0.25, 0.3) is 5.91 Å². The van der Waals surface area contributed by atoms with Crippen LogP contribution >= 0.6 is 0 Å². The molecule has 3 rings (SSSR count). The second-order valence-electron chi connectivity index (χ2n) is 7.01. The summed E-state index contributed by atoms with van der Waals surface area (Å²) in [5, 5.41) is 9.85. The lowest BCUT2D eigenvalue weighted by atomic mass is 9.75. The van der Waals surface area contributed by atoms with Crippen molar-refractivity contribution in [2.45, 2.75) is 26.2 Å². The number of amides is 1. The minimum absolute atomic E-state index is 0.0738. The molecule has 2 aliphatic heterocycles. The van der Waals surface area contributed by atoms with E-state index in [4.69, 9.17) is 4.74 Å². The highest BCUT2D eigenvalue weighted by molar-refractivity contribution is 5.94. The van der Waals surface area contributed by atoms with Crippen LogP contribution in [0.5, 0.6) is 0 Å². The number of aliphatic hydroxyl groups excluding tert-OH is 1. The monoisotopic (exact) mass is 303 g/mol. The van der Waals surface area contributed by atoms with E-state index < -0.39 is 0 Å². The van der Waals surface area contributed by atoms with Crippen molar-refractivity contribution >= 4 is 5.91 Å². The maximum atomic E-state index is 12.8. The molecule has 1 aromatic carbocycles. The molecule has 1 amide bonds. The molecule has 0 aromatic heterocycles. The van der Waals surface area contributed by atoms with Crippen LogP contribution in [0.15, 0.2) is 24.3 Å². The second-order valence-corrected chi connectivity index (χ2v) is 7.01. The Morgan fingerprint density at radius 1 is 1.50 bits per heavy atom. The smallest absolute Gasteiger partial charge is 0.253 e. The molecule has 0 unspecified atom stereocenters. The molecule has 2 saturated heterocycles. The van der Waals surface area contributed by atoms with Crippen molar-refractivity contribution < 1.29 is 14.6 Å². The van der Waals surface area contributed by atoms with Crippen molar-refractivity contribution in [1.29, 1.82) is 0 Å². The third kappa shape index (κ3) is 2.66. The van der Waals surface area contributed by atoms with E-state index in [0.717, 1.165) is 12.0 Å². The van der Waals surface area contributed by atoms with Gasteiger partial charge in [-0.05, 0) is 30.0 Å². The summed E-state index contributed by atoms with van der Waals surface area (Å²) in [5.74, 6) is 0.735. The summed E-state index contributed by atoms with van der Waals surface area (Å²) in [6.07, 6.45) is 0.837. The van der Waals surface area contributed by atoms with Gasteiger partial charge in [0, 0.05) is 36.6 Å². The Kier molecular flexibility index (Phi) is 4.24. The number of ether oxygens (including phenoxy) is 1. The zero-order chi connectivity index (χ0) is 15.7. The number of benzene rings is 1. The largest absolute Gasteiger partial charge is 0.396 e. The first kappa shape index (κ1) is 15.5. The Balaban J connectivity index is 1.80. The molecule has 1 aromatic rings. The lowest BCUT2D eigenvalue weighted by Gasteiger charge is -2.36. The number of carbonyl (C=O) groups is 1. The van der Waals surface area contributed by atoms with Crippen LogP contribution in [0.25, 0.3) is 0 Å². The minimum atomic E-state index is -0.163. The Morgan fingerprint density at radius 3 is 3.00 bits per heavy atom. The Hall–Kier alpha value is -1.39. The fourth-order valence-electron chi connectivity index (χ4n) is 3.67. The van der Waals surface area contributed by atoms with Crippen LogP contribution in [0.4, 0.5) is 0 Å². The molecule has 2 aliphatic rings. The predicted molar refractivity (Wildman–Crippen MR) is 84.9 cm³/mol. The highest BCUT2D eigenvalue weighted by atomic mass is 16.5. The summed E-state index contributed by atoms with van der Waals surface area (Å²) in [7, 11) is 0. The molecule has 2 heterocycles. The first-order valence-corrected chi connectivity index (χ1v) is 8.13. The molecule has 0 radical (unpaired) electrons. The van der Waals surface area contributed by atoms with Crippen LogP contribution < -0.4 is 0 Å². The first-order chi connectivity index (χ1) is 10.6. The Bertz CT molecular complexity index is 557. The summed E-state index contributed by atoms with van der Waals surface area (Å²) in [6, 6.07) is 7.90. The molecule has 2 atom stereocenters. The maximum Gasteiger partial charge on any atom is 0.253 e. The van der Waals surface area contributed by atoms with Crippen LogP contribution in [-0.2, 0) is 4.74 Å². The zero-order valence-electron chi connectivity index (χ0n) is 13.4. The Morgan fingerprint density at radius 2 is 2.32 bits per heavy atom. The van der Waals surface area contributed by atoms with Gasteiger partial charge in [0.15, 0.2) is 0 Å². The van der Waals surface area contributed by atoms with Crippen molar-refractivity contribution in [1.82, 2.24) is 4.90 Å². The normalized spacial score (nSPS) is 28.0. The zero-order valence-corrected chi connectivity index (χ0v) is 13.4. The molecule has 0 bridgehead atoms. The van der Waals surface area contributed by atoms with Crippen molar-refractivity contribution in [3.8, 4) is 0 Å². The van der Waals surface area contributed by atoms with Crippen molar-refractivity contribution in [2.75, 3.05) is 32.9 Å². The van der Waals surface area contributed by atoms with E-state index in [1.165, 1.54) is 5.56 Å². The molecule has 0 saturated carbocycles. The van der Waals surface area contributed by atoms with Gasteiger partial charge in [-0.15, -0.1) is 0 Å². The van der Waals surface area contributed by atoms with Gasteiger partial charge < -0.3 is 14.7 Å². The predicted octanol–water partition coefficient (Wildman–Crippen LogP) is 2.28. The average molecular weight is 303 g/mol. The molecular weight excluding hydrogens is 278 g/mol. The molecule has 1 N–H and O–H groups in total. The second kappa shape index (κ2) is 6.01. The number of hydrogen-bond acceptors (Lipinski definition) is 3. The van der Waals surface area contributed by atoms with E-state index in [-0.39, 0.29) is 23.8 Å². The molecule has 0 aliphatic carbocycles. The number of hydrogen-bond donors (Lipinski definition) is 1. The third-order valence-electron chi connectivity index (χ3n) is 5.28.